The third-order valence-electron chi connectivity index (χ3n) is 3.08. The summed E-state index contributed by atoms with van der Waals surface area (Å²) in [6.07, 6.45) is 2.06. The number of hydrogen-bond acceptors (Lipinski definition) is 3. The minimum atomic E-state index is -0.511. The predicted molar refractivity (Wildman–Crippen MR) is 82.5 cm³/mol. The van der Waals surface area contributed by atoms with Crippen molar-refractivity contribution < 1.29 is 4.79 Å². The average Bonchev–Trinajstić information content (AvgIpc) is 2.38. The highest BCUT2D eigenvalue weighted by molar-refractivity contribution is 7.98. The van der Waals surface area contributed by atoms with Gasteiger partial charge in [0.05, 0.1) is 5.54 Å². The molecule has 0 unspecified atom stereocenters. The fourth-order valence-corrected chi connectivity index (χ4v) is 2.48. The van der Waals surface area contributed by atoms with Gasteiger partial charge in [0.2, 0.25) is 5.91 Å². The molecule has 0 heterocycles. The molecular formula is C15H24N2OS. The van der Waals surface area contributed by atoms with E-state index in [9.17, 15) is 4.79 Å². The summed E-state index contributed by atoms with van der Waals surface area (Å²) in [4.78, 5) is 15.4. The monoisotopic (exact) mass is 280 g/mol. The van der Waals surface area contributed by atoms with Gasteiger partial charge in [-0.1, -0.05) is 19.1 Å². The Morgan fingerprint density at radius 3 is 2.37 bits per heavy atom. The van der Waals surface area contributed by atoms with E-state index in [0.29, 0.717) is 6.54 Å². The Morgan fingerprint density at radius 2 is 1.89 bits per heavy atom. The molecule has 1 aromatic rings. The first-order valence-corrected chi connectivity index (χ1v) is 7.76. The molecule has 4 heteroatoms. The van der Waals surface area contributed by atoms with Crippen LogP contribution in [0.1, 0.15) is 26.3 Å². The van der Waals surface area contributed by atoms with Crippen molar-refractivity contribution in [2.45, 2.75) is 37.8 Å². The van der Waals surface area contributed by atoms with Crippen molar-refractivity contribution in [2.75, 3.05) is 19.8 Å². The van der Waals surface area contributed by atoms with E-state index < -0.39 is 5.54 Å². The van der Waals surface area contributed by atoms with Gasteiger partial charge in [0, 0.05) is 18.5 Å². The molecule has 1 rings (SSSR count). The van der Waals surface area contributed by atoms with Crippen LogP contribution in [0.25, 0.3) is 0 Å². The van der Waals surface area contributed by atoms with E-state index in [1.165, 1.54) is 4.90 Å². The molecule has 1 amide bonds. The van der Waals surface area contributed by atoms with E-state index in [-0.39, 0.29) is 5.91 Å². The van der Waals surface area contributed by atoms with Crippen LogP contribution in [0.4, 0.5) is 0 Å². The average molecular weight is 280 g/mol. The van der Waals surface area contributed by atoms with Gasteiger partial charge in [-0.25, -0.2) is 0 Å². The Balaban J connectivity index is 2.67. The van der Waals surface area contributed by atoms with Gasteiger partial charge in [0.25, 0.3) is 0 Å². The maximum absolute atomic E-state index is 12.3. The highest BCUT2D eigenvalue weighted by Crippen LogP contribution is 2.16. The van der Waals surface area contributed by atoms with Crippen LogP contribution in [0.3, 0.4) is 0 Å². The Bertz CT molecular complexity index is 415. The van der Waals surface area contributed by atoms with Crippen molar-refractivity contribution >= 4 is 17.7 Å². The summed E-state index contributed by atoms with van der Waals surface area (Å²) >= 11 is 1.72. The molecule has 0 aliphatic carbocycles. The molecular weight excluding hydrogens is 256 g/mol. The second-order valence-corrected chi connectivity index (χ2v) is 6.04. The van der Waals surface area contributed by atoms with Gasteiger partial charge in [-0.2, -0.15) is 0 Å². The third-order valence-corrected chi connectivity index (χ3v) is 3.82. The van der Waals surface area contributed by atoms with Crippen molar-refractivity contribution in [3.05, 3.63) is 29.8 Å². The molecule has 0 aliphatic heterocycles. The molecule has 1 N–H and O–H groups in total. The number of hydrogen-bond donors (Lipinski definition) is 1. The maximum atomic E-state index is 12.3. The van der Waals surface area contributed by atoms with Gasteiger partial charge in [0.1, 0.15) is 0 Å². The van der Waals surface area contributed by atoms with Gasteiger partial charge < -0.3 is 10.2 Å². The molecule has 0 bridgehead atoms. The van der Waals surface area contributed by atoms with E-state index in [0.717, 1.165) is 12.1 Å². The smallest absolute Gasteiger partial charge is 0.242 e. The van der Waals surface area contributed by atoms with Crippen molar-refractivity contribution in [2.24, 2.45) is 0 Å². The van der Waals surface area contributed by atoms with Crippen molar-refractivity contribution in [1.82, 2.24) is 10.2 Å². The van der Waals surface area contributed by atoms with Crippen LogP contribution in [0.5, 0.6) is 0 Å². The number of rotatable bonds is 6. The molecule has 0 saturated carbocycles. The lowest BCUT2D eigenvalue weighted by Crippen LogP contribution is -2.52. The number of nitrogens with one attached hydrogen (secondary N) is 1. The summed E-state index contributed by atoms with van der Waals surface area (Å²) in [6, 6.07) is 8.34. The van der Waals surface area contributed by atoms with Gasteiger partial charge in [-0.15, -0.1) is 11.8 Å². The van der Waals surface area contributed by atoms with Crippen molar-refractivity contribution in [3.63, 3.8) is 0 Å². The molecule has 0 atom stereocenters. The number of nitrogens with zero attached hydrogens (tertiary/aromatic N) is 1. The zero-order valence-corrected chi connectivity index (χ0v) is 13.3. The van der Waals surface area contributed by atoms with Crippen LogP contribution in [-0.2, 0) is 11.3 Å². The first-order chi connectivity index (χ1) is 8.90. The molecule has 3 nitrogen and oxygen atoms in total. The molecule has 0 saturated heterocycles. The molecule has 106 valence electrons. The molecule has 0 fully saturated rings. The van der Waals surface area contributed by atoms with Gasteiger partial charge in [-0.3, -0.25) is 4.79 Å². The summed E-state index contributed by atoms with van der Waals surface area (Å²) in [6.45, 7) is 7.28. The van der Waals surface area contributed by atoms with Gasteiger partial charge >= 0.3 is 0 Å². The molecule has 0 aromatic heterocycles. The second-order valence-electron chi connectivity index (χ2n) is 5.16. The summed E-state index contributed by atoms with van der Waals surface area (Å²) < 4.78 is 0. The molecule has 0 spiro atoms. The number of benzene rings is 1. The highest BCUT2D eigenvalue weighted by atomic mass is 32.2. The number of carbonyl (C=O) groups excluding carboxylic acids is 1. The molecule has 1 aromatic carbocycles. The topological polar surface area (TPSA) is 32.3 Å². The largest absolute Gasteiger partial charge is 0.340 e. The van der Waals surface area contributed by atoms with E-state index in [2.05, 4.69) is 35.8 Å². The Labute approximate surface area is 120 Å². The van der Waals surface area contributed by atoms with Crippen LogP contribution in [0, 0.1) is 0 Å². The number of carbonyl (C=O) groups is 1. The zero-order chi connectivity index (χ0) is 14.5. The van der Waals surface area contributed by atoms with Gasteiger partial charge in [0.15, 0.2) is 0 Å². The fourth-order valence-electron chi connectivity index (χ4n) is 2.07. The third kappa shape index (κ3) is 4.55. The Hall–Kier alpha value is -1.00. The highest BCUT2D eigenvalue weighted by Gasteiger charge is 2.29. The molecule has 19 heavy (non-hydrogen) atoms. The zero-order valence-electron chi connectivity index (χ0n) is 12.5. The lowest BCUT2D eigenvalue weighted by molar-refractivity contribution is -0.136. The standard InChI is InChI=1S/C15H24N2OS/c1-6-16-15(2,3)14(18)17(4)11-12-7-9-13(19-5)10-8-12/h7-10,16H,6,11H2,1-5H3. The SMILES string of the molecule is CCNC(C)(C)C(=O)N(C)Cc1ccc(SC)cc1. The number of amides is 1. The number of likely N-dealkylation sites (N-methyl/N-ethyl adjacent to an activating group) is 2. The minimum absolute atomic E-state index is 0.114. The lowest BCUT2D eigenvalue weighted by Gasteiger charge is -2.30. The Morgan fingerprint density at radius 1 is 1.32 bits per heavy atom. The summed E-state index contributed by atoms with van der Waals surface area (Å²) in [5, 5.41) is 3.21. The summed E-state index contributed by atoms with van der Waals surface area (Å²) in [5.74, 6) is 0.114. The van der Waals surface area contributed by atoms with Crippen LogP contribution in [-0.4, -0.2) is 36.2 Å². The normalized spacial score (nSPS) is 11.4. The van der Waals surface area contributed by atoms with Crippen molar-refractivity contribution in [3.8, 4) is 0 Å². The van der Waals surface area contributed by atoms with Crippen LogP contribution >= 0.6 is 11.8 Å². The number of thioether (sulfide) groups is 1. The second kappa shape index (κ2) is 6.96. The molecule has 0 radical (unpaired) electrons. The first-order valence-electron chi connectivity index (χ1n) is 6.54. The van der Waals surface area contributed by atoms with Crippen LogP contribution in [0.15, 0.2) is 29.2 Å². The van der Waals surface area contributed by atoms with E-state index in [4.69, 9.17) is 0 Å². The maximum Gasteiger partial charge on any atom is 0.242 e. The van der Waals surface area contributed by atoms with Crippen LogP contribution in [0.2, 0.25) is 0 Å². The van der Waals surface area contributed by atoms with E-state index >= 15 is 0 Å². The minimum Gasteiger partial charge on any atom is -0.340 e. The summed E-state index contributed by atoms with van der Waals surface area (Å²) in [5.41, 5.74) is 0.642. The van der Waals surface area contributed by atoms with Crippen LogP contribution < -0.4 is 5.32 Å². The van der Waals surface area contributed by atoms with Gasteiger partial charge in [-0.05, 0) is 44.3 Å². The fraction of sp³-hybridized carbons (Fsp3) is 0.533. The summed E-state index contributed by atoms with van der Waals surface area (Å²) in [7, 11) is 1.85. The quantitative estimate of drug-likeness (QED) is 0.813. The lowest BCUT2D eigenvalue weighted by atomic mass is 10.0. The van der Waals surface area contributed by atoms with E-state index in [1.807, 2.05) is 27.8 Å². The predicted octanol–water partition coefficient (Wildman–Crippen LogP) is 2.76. The molecule has 0 aliphatic rings. The van der Waals surface area contributed by atoms with E-state index in [1.54, 1.807) is 16.7 Å². The Kier molecular flexibility index (Phi) is 5.88. The van der Waals surface area contributed by atoms with Crippen molar-refractivity contribution in [1.29, 1.82) is 0 Å². The first kappa shape index (κ1) is 16.1.